The molecule has 4 rings (SSSR count). The van der Waals surface area contributed by atoms with Crippen LogP contribution in [0.15, 0.2) is 35.3 Å². The molecular weight excluding hydrogens is 330 g/mol. The fourth-order valence-electron chi connectivity index (χ4n) is 4.01. The Hall–Kier alpha value is -2.57. The number of amides is 3. The summed E-state index contributed by atoms with van der Waals surface area (Å²) < 4.78 is 0. The first kappa shape index (κ1) is 16.9. The zero-order valence-corrected chi connectivity index (χ0v) is 15.3. The van der Waals surface area contributed by atoms with Gasteiger partial charge in [0.05, 0.1) is 0 Å². The number of para-hydroxylation sites is 1. The molecule has 0 saturated carbocycles. The summed E-state index contributed by atoms with van der Waals surface area (Å²) in [5.74, 6) is 0.692. The lowest BCUT2D eigenvalue weighted by molar-refractivity contribution is -0.137. The zero-order chi connectivity index (χ0) is 18.3. The average Bonchev–Trinajstić information content (AvgIpc) is 3.23. The van der Waals surface area contributed by atoms with E-state index in [1.54, 1.807) is 11.9 Å². The van der Waals surface area contributed by atoms with Crippen molar-refractivity contribution in [1.29, 1.82) is 0 Å². The number of carbonyl (C=O) groups excluding carboxylic acids is 2. The van der Waals surface area contributed by atoms with Crippen LogP contribution in [0.2, 0.25) is 0 Å². The molecule has 3 amide bonds. The molecule has 138 valence electrons. The number of nitrogens with zero attached hydrogens (tertiary/aromatic N) is 5. The first-order valence-electron chi connectivity index (χ1n) is 9.38. The summed E-state index contributed by atoms with van der Waals surface area (Å²) in [6.45, 7) is 4.14. The van der Waals surface area contributed by atoms with Crippen molar-refractivity contribution in [2.75, 3.05) is 31.6 Å². The number of guanidine groups is 1. The van der Waals surface area contributed by atoms with Gasteiger partial charge >= 0.3 is 6.03 Å². The fourth-order valence-corrected chi connectivity index (χ4v) is 4.01. The predicted molar refractivity (Wildman–Crippen MR) is 99.9 cm³/mol. The minimum atomic E-state index is -0.432. The van der Waals surface area contributed by atoms with Gasteiger partial charge in [-0.3, -0.25) is 9.69 Å². The molecule has 7 heteroatoms. The maximum absolute atomic E-state index is 13.1. The molecule has 2 saturated heterocycles. The molecule has 0 radical (unpaired) electrons. The number of benzene rings is 1. The maximum atomic E-state index is 13.1. The maximum Gasteiger partial charge on any atom is 0.328 e. The van der Waals surface area contributed by atoms with Crippen LogP contribution in [0.5, 0.6) is 0 Å². The minimum absolute atomic E-state index is 0.108. The van der Waals surface area contributed by atoms with E-state index in [1.807, 2.05) is 30.3 Å². The largest absolute Gasteiger partial charge is 0.328 e. The van der Waals surface area contributed by atoms with E-state index in [0.717, 1.165) is 44.0 Å². The smallest absolute Gasteiger partial charge is 0.325 e. The number of aliphatic imine (C=N–C) groups is 1. The average molecular weight is 355 g/mol. The van der Waals surface area contributed by atoms with E-state index in [4.69, 9.17) is 4.99 Å². The van der Waals surface area contributed by atoms with Gasteiger partial charge in [0, 0.05) is 32.4 Å². The Morgan fingerprint density at radius 1 is 1.12 bits per heavy atom. The van der Waals surface area contributed by atoms with Crippen molar-refractivity contribution in [2.24, 2.45) is 4.99 Å². The highest BCUT2D eigenvalue weighted by Crippen LogP contribution is 2.33. The van der Waals surface area contributed by atoms with E-state index in [0.29, 0.717) is 6.54 Å². The lowest BCUT2D eigenvalue weighted by Crippen LogP contribution is -2.64. The van der Waals surface area contributed by atoms with E-state index in [9.17, 15) is 9.59 Å². The molecule has 3 heterocycles. The fraction of sp³-hybridized carbons (Fsp3) is 0.526. The van der Waals surface area contributed by atoms with Crippen LogP contribution in [0.25, 0.3) is 0 Å². The van der Waals surface area contributed by atoms with Gasteiger partial charge < -0.3 is 14.7 Å². The third-order valence-electron chi connectivity index (χ3n) is 5.43. The van der Waals surface area contributed by atoms with Crippen molar-refractivity contribution in [3.05, 3.63) is 30.3 Å². The number of rotatable bonds is 5. The second-order valence-corrected chi connectivity index (χ2v) is 7.06. The minimum Gasteiger partial charge on any atom is -0.325 e. The topological polar surface area (TPSA) is 59.5 Å². The molecule has 7 nitrogen and oxygen atoms in total. The monoisotopic (exact) mass is 355 g/mol. The number of anilines is 1. The van der Waals surface area contributed by atoms with Crippen LogP contribution in [0, 0.1) is 0 Å². The number of urea groups is 1. The molecule has 0 N–H and O–H groups in total. The molecule has 3 aliphatic heterocycles. The molecule has 2 atom stereocenters. The second kappa shape index (κ2) is 6.63. The van der Waals surface area contributed by atoms with Gasteiger partial charge in [-0.15, -0.1) is 0 Å². The second-order valence-electron chi connectivity index (χ2n) is 7.06. The highest BCUT2D eigenvalue weighted by Gasteiger charge is 2.54. The van der Waals surface area contributed by atoms with Crippen molar-refractivity contribution in [3.8, 4) is 0 Å². The third kappa shape index (κ3) is 2.53. The molecular formula is C19H25N5O2. The Labute approximate surface area is 153 Å². The van der Waals surface area contributed by atoms with Crippen LogP contribution in [0.1, 0.15) is 26.2 Å². The first-order chi connectivity index (χ1) is 12.6. The van der Waals surface area contributed by atoms with Crippen LogP contribution in [-0.4, -0.2) is 71.5 Å². The number of likely N-dealkylation sites (N-methyl/N-ethyl adjacent to an activating group) is 1. The van der Waals surface area contributed by atoms with Crippen LogP contribution >= 0.6 is 0 Å². The van der Waals surface area contributed by atoms with Crippen LogP contribution < -0.4 is 4.90 Å². The Bertz CT molecular complexity index is 735. The first-order valence-corrected chi connectivity index (χ1v) is 9.38. The number of fused-ring (bicyclic) bond motifs is 3. The van der Waals surface area contributed by atoms with Gasteiger partial charge in [0.25, 0.3) is 5.91 Å². The van der Waals surface area contributed by atoms with Crippen molar-refractivity contribution in [2.45, 2.75) is 38.4 Å². The van der Waals surface area contributed by atoms with E-state index < -0.39 is 12.2 Å². The van der Waals surface area contributed by atoms with Gasteiger partial charge in [0.1, 0.15) is 0 Å². The SMILES string of the molecule is CCCCCN1C(=O)C2C(N=C3N(c4ccccc4)CCN32)N(C)C1=O. The van der Waals surface area contributed by atoms with Crippen molar-refractivity contribution in [3.63, 3.8) is 0 Å². The molecule has 1 aromatic rings. The molecule has 0 aromatic heterocycles. The molecule has 1 aromatic carbocycles. The summed E-state index contributed by atoms with van der Waals surface area (Å²) in [6, 6.07) is 9.43. The van der Waals surface area contributed by atoms with E-state index in [-0.39, 0.29) is 11.9 Å². The van der Waals surface area contributed by atoms with E-state index in [1.165, 1.54) is 4.90 Å². The number of carbonyl (C=O) groups is 2. The zero-order valence-electron chi connectivity index (χ0n) is 15.3. The van der Waals surface area contributed by atoms with Gasteiger partial charge in [-0.1, -0.05) is 38.0 Å². The lowest BCUT2D eigenvalue weighted by atomic mass is 10.1. The normalized spacial score (nSPS) is 24.9. The van der Waals surface area contributed by atoms with E-state index in [2.05, 4.69) is 16.7 Å². The molecule has 3 aliphatic rings. The Morgan fingerprint density at radius 3 is 2.62 bits per heavy atom. The summed E-state index contributed by atoms with van der Waals surface area (Å²) in [4.78, 5) is 37.8. The molecule has 2 fully saturated rings. The molecule has 0 aliphatic carbocycles. The van der Waals surface area contributed by atoms with E-state index >= 15 is 0 Å². The number of hydrogen-bond acceptors (Lipinski definition) is 5. The quantitative estimate of drug-likeness (QED) is 0.758. The van der Waals surface area contributed by atoms with Gasteiger partial charge in [0.15, 0.2) is 12.2 Å². The van der Waals surface area contributed by atoms with Gasteiger partial charge in [0.2, 0.25) is 5.96 Å². The van der Waals surface area contributed by atoms with Crippen LogP contribution in [-0.2, 0) is 4.79 Å². The lowest BCUT2D eigenvalue weighted by Gasteiger charge is -2.40. The number of imide groups is 1. The molecule has 2 unspecified atom stereocenters. The van der Waals surface area contributed by atoms with Gasteiger partial charge in [-0.25, -0.2) is 9.79 Å². The molecule has 0 bridgehead atoms. The standard InChI is InChI=1S/C19H25N5O2/c1-3-4-8-11-24-17(25)15-16(21(2)19(24)26)20-18-22(12-13-23(15)18)14-9-6-5-7-10-14/h5-7,9-10,15-16H,3-4,8,11-13H2,1-2H3. The van der Waals surface area contributed by atoms with Crippen LogP contribution in [0.3, 0.4) is 0 Å². The Kier molecular flexibility index (Phi) is 4.30. The number of unbranched alkanes of at least 4 members (excludes halogenated alkanes) is 2. The highest BCUT2D eigenvalue weighted by atomic mass is 16.2. The summed E-state index contributed by atoms with van der Waals surface area (Å²) in [6.07, 6.45) is 2.49. The van der Waals surface area contributed by atoms with Crippen molar-refractivity contribution < 1.29 is 9.59 Å². The van der Waals surface area contributed by atoms with Gasteiger partial charge in [-0.05, 0) is 18.6 Å². The van der Waals surface area contributed by atoms with Gasteiger partial charge in [-0.2, -0.15) is 0 Å². The molecule has 0 spiro atoms. The summed E-state index contributed by atoms with van der Waals surface area (Å²) in [5.41, 5.74) is 1.06. The summed E-state index contributed by atoms with van der Waals surface area (Å²) in [7, 11) is 1.75. The Morgan fingerprint density at radius 2 is 1.88 bits per heavy atom. The Balaban J connectivity index is 1.59. The van der Waals surface area contributed by atoms with Crippen LogP contribution in [0.4, 0.5) is 10.5 Å². The third-order valence-corrected chi connectivity index (χ3v) is 5.43. The number of hydrogen-bond donors (Lipinski definition) is 0. The van der Waals surface area contributed by atoms with Crippen molar-refractivity contribution >= 4 is 23.6 Å². The van der Waals surface area contributed by atoms with Crippen molar-refractivity contribution in [1.82, 2.24) is 14.7 Å². The summed E-state index contributed by atoms with van der Waals surface area (Å²) in [5, 5.41) is 0. The predicted octanol–water partition coefficient (Wildman–Crippen LogP) is 1.96. The summed E-state index contributed by atoms with van der Waals surface area (Å²) >= 11 is 0. The highest BCUT2D eigenvalue weighted by molar-refractivity contribution is 6.07. The molecule has 26 heavy (non-hydrogen) atoms.